The van der Waals surface area contributed by atoms with Crippen LogP contribution in [0.4, 0.5) is 0 Å². The minimum absolute atomic E-state index is 0.0189. The van der Waals surface area contributed by atoms with Gasteiger partial charge in [-0.05, 0) is 62.2 Å². The molecule has 1 aliphatic heterocycles. The second-order valence-electron chi connectivity index (χ2n) is 7.61. The van der Waals surface area contributed by atoms with Gasteiger partial charge < -0.3 is 14.6 Å². The average Bonchev–Trinajstić information content (AvgIpc) is 3.12. The summed E-state index contributed by atoms with van der Waals surface area (Å²) in [5.74, 6) is -0.309. The Balaban J connectivity index is 1.95. The molecule has 2 heterocycles. The van der Waals surface area contributed by atoms with Crippen LogP contribution < -0.4 is 19.6 Å². The minimum Gasteiger partial charge on any atom is -0.504 e. The van der Waals surface area contributed by atoms with Crippen molar-refractivity contribution in [3.63, 3.8) is 0 Å². The molecule has 7 nitrogen and oxygen atoms in total. The van der Waals surface area contributed by atoms with Gasteiger partial charge in [-0.15, -0.1) is 0 Å². The highest BCUT2D eigenvalue weighted by molar-refractivity contribution is 7.07. The number of carbonyl (C=O) groups excluding carboxylic acids is 1. The Labute approximate surface area is 215 Å². The summed E-state index contributed by atoms with van der Waals surface area (Å²) in [7, 11) is 0. The summed E-state index contributed by atoms with van der Waals surface area (Å²) in [6.07, 6.45) is 1.67. The molecule has 0 unspecified atom stereocenters. The lowest BCUT2D eigenvalue weighted by Gasteiger charge is -2.22. The molecule has 0 saturated heterocycles. The van der Waals surface area contributed by atoms with E-state index in [1.165, 1.54) is 22.0 Å². The molecular weight excluding hydrogens is 511 g/mol. The van der Waals surface area contributed by atoms with E-state index in [4.69, 9.17) is 37.7 Å². The van der Waals surface area contributed by atoms with Crippen molar-refractivity contribution in [2.75, 3.05) is 13.2 Å². The van der Waals surface area contributed by atoms with Crippen LogP contribution >= 0.6 is 34.5 Å². The fraction of sp³-hybridized carbons (Fsp3) is 0.240. The number of hydrogen-bond acceptors (Lipinski definition) is 7. The quantitative estimate of drug-likeness (QED) is 0.477. The van der Waals surface area contributed by atoms with Crippen molar-refractivity contribution in [3.05, 3.63) is 82.8 Å². The zero-order valence-electron chi connectivity index (χ0n) is 19.2. The number of ether oxygens (including phenoxy) is 2. The molecule has 0 radical (unpaired) electrons. The standard InChI is InChI=1S/C25H22Cl2N2O5S/c1-4-33-19-10-15(7-9-18(19)30)22-21(24(32)34-5-2)13(3)29-23(31)20(35-25(29)28-22)11-14-6-8-16(26)12-17(14)27/h6-12,22,30H,4-5H2,1-3H3/b20-11-/t22-/m1/s1. The third-order valence-corrected chi connectivity index (χ3v) is 6.93. The highest BCUT2D eigenvalue weighted by atomic mass is 35.5. The zero-order chi connectivity index (χ0) is 25.3. The van der Waals surface area contributed by atoms with Gasteiger partial charge in [0.25, 0.3) is 5.56 Å². The van der Waals surface area contributed by atoms with Gasteiger partial charge in [-0.1, -0.05) is 46.7 Å². The Morgan fingerprint density at radius 2 is 1.97 bits per heavy atom. The van der Waals surface area contributed by atoms with Gasteiger partial charge in [-0.2, -0.15) is 0 Å². The molecule has 0 saturated carbocycles. The van der Waals surface area contributed by atoms with E-state index < -0.39 is 12.0 Å². The predicted octanol–water partition coefficient (Wildman–Crippen LogP) is 4.32. The van der Waals surface area contributed by atoms with E-state index in [0.717, 1.165) is 0 Å². The third-order valence-electron chi connectivity index (χ3n) is 5.39. The van der Waals surface area contributed by atoms with Crippen LogP contribution in [0.25, 0.3) is 11.8 Å². The number of allylic oxidation sites excluding steroid dienone is 1. The van der Waals surface area contributed by atoms with Gasteiger partial charge in [0.1, 0.15) is 6.04 Å². The lowest BCUT2D eigenvalue weighted by molar-refractivity contribution is -0.138. The largest absolute Gasteiger partial charge is 0.504 e. The Morgan fingerprint density at radius 1 is 1.20 bits per heavy atom. The summed E-state index contributed by atoms with van der Waals surface area (Å²) < 4.78 is 12.6. The Kier molecular flexibility index (Phi) is 7.35. The molecule has 0 fully saturated rings. The number of phenolic OH excluding ortho intramolecular Hbond substituents is 1. The number of esters is 1. The molecule has 1 aromatic heterocycles. The van der Waals surface area contributed by atoms with Crippen LogP contribution in [0.1, 0.15) is 37.9 Å². The fourth-order valence-corrected chi connectivity index (χ4v) is 5.28. The van der Waals surface area contributed by atoms with E-state index in [0.29, 0.717) is 42.8 Å². The summed E-state index contributed by atoms with van der Waals surface area (Å²) >= 11 is 13.5. The molecule has 35 heavy (non-hydrogen) atoms. The van der Waals surface area contributed by atoms with Gasteiger partial charge in [-0.3, -0.25) is 9.36 Å². The topological polar surface area (TPSA) is 90.1 Å². The van der Waals surface area contributed by atoms with E-state index >= 15 is 0 Å². The molecule has 1 N–H and O–H groups in total. The fourth-order valence-electron chi connectivity index (χ4n) is 3.79. The van der Waals surface area contributed by atoms with E-state index in [2.05, 4.69) is 0 Å². The lowest BCUT2D eigenvalue weighted by atomic mass is 9.96. The first-order valence-corrected chi connectivity index (χ1v) is 12.4. The molecule has 0 aliphatic carbocycles. The first kappa shape index (κ1) is 25.0. The molecule has 0 amide bonds. The Bertz CT molecular complexity index is 1520. The molecule has 3 aromatic rings. The minimum atomic E-state index is -0.751. The number of rotatable bonds is 6. The van der Waals surface area contributed by atoms with Crippen LogP contribution in [-0.4, -0.2) is 28.9 Å². The number of thiazole rings is 1. The summed E-state index contributed by atoms with van der Waals surface area (Å²) in [5, 5.41) is 11.0. The summed E-state index contributed by atoms with van der Waals surface area (Å²) in [5.41, 5.74) is 1.59. The van der Waals surface area contributed by atoms with Gasteiger partial charge in [0.15, 0.2) is 16.3 Å². The van der Waals surface area contributed by atoms with Crippen LogP contribution in [0.3, 0.4) is 0 Å². The van der Waals surface area contributed by atoms with Crippen molar-refractivity contribution in [1.29, 1.82) is 0 Å². The van der Waals surface area contributed by atoms with Crippen LogP contribution in [0, 0.1) is 0 Å². The summed E-state index contributed by atoms with van der Waals surface area (Å²) in [6.45, 7) is 5.73. The monoisotopic (exact) mass is 532 g/mol. The molecular formula is C25H22Cl2N2O5S. The van der Waals surface area contributed by atoms with Gasteiger partial charge in [0, 0.05) is 15.7 Å². The van der Waals surface area contributed by atoms with Crippen molar-refractivity contribution in [2.24, 2.45) is 4.99 Å². The molecule has 0 bridgehead atoms. The third kappa shape index (κ3) is 4.87. The van der Waals surface area contributed by atoms with Crippen molar-refractivity contribution in [1.82, 2.24) is 4.57 Å². The molecule has 182 valence electrons. The maximum absolute atomic E-state index is 13.3. The van der Waals surface area contributed by atoms with Crippen molar-refractivity contribution >= 4 is 52.3 Å². The van der Waals surface area contributed by atoms with E-state index in [9.17, 15) is 14.7 Å². The number of halogens is 2. The normalized spacial score (nSPS) is 15.6. The summed E-state index contributed by atoms with van der Waals surface area (Å²) in [4.78, 5) is 31.5. The van der Waals surface area contributed by atoms with E-state index in [1.54, 1.807) is 57.2 Å². The highest BCUT2D eigenvalue weighted by Crippen LogP contribution is 2.36. The van der Waals surface area contributed by atoms with Crippen LogP contribution in [0.5, 0.6) is 11.5 Å². The second-order valence-corrected chi connectivity index (χ2v) is 9.46. The predicted molar refractivity (Wildman–Crippen MR) is 137 cm³/mol. The molecule has 4 rings (SSSR count). The number of benzene rings is 2. The van der Waals surface area contributed by atoms with Gasteiger partial charge in [0.2, 0.25) is 0 Å². The number of aromatic nitrogens is 1. The van der Waals surface area contributed by atoms with Crippen LogP contribution in [-0.2, 0) is 9.53 Å². The summed E-state index contributed by atoms with van der Waals surface area (Å²) in [6, 6.07) is 9.07. The van der Waals surface area contributed by atoms with E-state index in [-0.39, 0.29) is 29.2 Å². The van der Waals surface area contributed by atoms with Gasteiger partial charge in [0.05, 0.1) is 23.3 Å². The van der Waals surface area contributed by atoms with Gasteiger partial charge in [-0.25, -0.2) is 9.79 Å². The SMILES string of the molecule is CCOC(=O)C1=C(C)n2c(s/c(=C\c3ccc(Cl)cc3Cl)c2=O)=N[C@@H]1c1ccc(O)c(OCC)c1. The molecule has 2 aromatic carbocycles. The number of aromatic hydroxyl groups is 1. The van der Waals surface area contributed by atoms with Crippen LogP contribution in [0.15, 0.2) is 51.8 Å². The van der Waals surface area contributed by atoms with Gasteiger partial charge >= 0.3 is 5.97 Å². The number of carbonyl (C=O) groups is 1. The molecule has 1 atom stereocenters. The first-order chi connectivity index (χ1) is 16.7. The number of phenols is 1. The average molecular weight is 533 g/mol. The Morgan fingerprint density at radius 3 is 2.66 bits per heavy atom. The molecule has 10 heteroatoms. The lowest BCUT2D eigenvalue weighted by Crippen LogP contribution is -2.35. The smallest absolute Gasteiger partial charge is 0.338 e. The molecule has 0 spiro atoms. The number of nitrogens with zero attached hydrogens (tertiary/aromatic N) is 2. The van der Waals surface area contributed by atoms with Crippen LogP contribution in [0.2, 0.25) is 10.0 Å². The van der Waals surface area contributed by atoms with E-state index in [1.807, 2.05) is 0 Å². The highest BCUT2D eigenvalue weighted by Gasteiger charge is 2.32. The van der Waals surface area contributed by atoms with Crippen molar-refractivity contribution in [2.45, 2.75) is 26.8 Å². The zero-order valence-corrected chi connectivity index (χ0v) is 21.5. The van der Waals surface area contributed by atoms with Crippen molar-refractivity contribution in [3.8, 4) is 11.5 Å². The maximum atomic E-state index is 13.3. The maximum Gasteiger partial charge on any atom is 0.338 e. The number of hydrogen-bond donors (Lipinski definition) is 1. The Hall–Kier alpha value is -3.07. The first-order valence-electron chi connectivity index (χ1n) is 10.9. The second kappa shape index (κ2) is 10.3. The number of fused-ring (bicyclic) bond motifs is 1. The van der Waals surface area contributed by atoms with Crippen molar-refractivity contribution < 1.29 is 19.4 Å². The molecule has 1 aliphatic rings.